The Morgan fingerprint density at radius 2 is 1.91 bits per heavy atom. The molecule has 118 valence electrons. The lowest BCUT2D eigenvalue weighted by atomic mass is 9.86. The molecule has 1 fully saturated rings. The molecule has 1 heterocycles. The molecule has 0 radical (unpaired) electrons. The van der Waals surface area contributed by atoms with Crippen LogP contribution in [0.5, 0.6) is 0 Å². The Hall–Kier alpha value is -1.81. The number of para-hydroxylation sites is 1. The minimum absolute atomic E-state index is 0.520. The van der Waals surface area contributed by atoms with Gasteiger partial charge in [-0.15, -0.1) is 0 Å². The summed E-state index contributed by atoms with van der Waals surface area (Å²) in [6.45, 7) is 0.825. The van der Waals surface area contributed by atoms with Gasteiger partial charge in [-0.1, -0.05) is 18.2 Å². The minimum Gasteiger partial charge on any atom is -0.377 e. The smallest absolute Gasteiger partial charge is 0.128 e. The molecule has 0 spiro atoms. The summed E-state index contributed by atoms with van der Waals surface area (Å²) in [5.74, 6) is 1.69. The summed E-state index contributed by atoms with van der Waals surface area (Å²) in [4.78, 5) is 6.94. The lowest BCUT2D eigenvalue weighted by Crippen LogP contribution is -2.29. The number of nitrogens with one attached hydrogen (secondary N) is 1. The zero-order chi connectivity index (χ0) is 15.5. The number of benzene rings is 1. The van der Waals surface area contributed by atoms with E-state index >= 15 is 0 Å². The fourth-order valence-corrected chi connectivity index (χ4v) is 3.35. The highest BCUT2D eigenvalue weighted by molar-refractivity contribution is 5.93. The first-order valence-electron chi connectivity index (χ1n) is 8.21. The van der Waals surface area contributed by atoms with E-state index in [4.69, 9.17) is 10.7 Å². The van der Waals surface area contributed by atoms with Crippen LogP contribution in [0.25, 0.3) is 10.9 Å². The monoisotopic (exact) mass is 298 g/mol. The van der Waals surface area contributed by atoms with Crippen molar-refractivity contribution in [1.29, 1.82) is 0 Å². The van der Waals surface area contributed by atoms with Crippen LogP contribution in [0.15, 0.2) is 30.3 Å². The number of nitrogens with two attached hydrogens (primary N) is 1. The quantitative estimate of drug-likeness (QED) is 0.910. The Balaban J connectivity index is 1.82. The zero-order valence-electron chi connectivity index (χ0n) is 13.5. The van der Waals surface area contributed by atoms with Crippen molar-refractivity contribution in [2.45, 2.75) is 31.7 Å². The molecule has 1 aliphatic carbocycles. The van der Waals surface area contributed by atoms with Gasteiger partial charge in [-0.25, -0.2) is 4.98 Å². The number of hydrogen-bond donors (Lipinski definition) is 2. The Kier molecular flexibility index (Phi) is 4.48. The number of hydrogen-bond acceptors (Lipinski definition) is 4. The Bertz CT molecular complexity index is 630. The molecule has 0 saturated heterocycles. The van der Waals surface area contributed by atoms with Crippen LogP contribution in [0.4, 0.5) is 11.5 Å². The van der Waals surface area contributed by atoms with Crippen LogP contribution in [0.2, 0.25) is 0 Å². The number of aromatic nitrogens is 1. The summed E-state index contributed by atoms with van der Waals surface area (Å²) in [6.07, 6.45) is 4.83. The molecule has 2 aromatic rings. The molecule has 0 bridgehead atoms. The van der Waals surface area contributed by atoms with Crippen LogP contribution in [-0.2, 0) is 0 Å². The highest BCUT2D eigenvalue weighted by Gasteiger charge is 2.20. The van der Waals surface area contributed by atoms with Gasteiger partial charge in [0.1, 0.15) is 5.82 Å². The second-order valence-electron chi connectivity index (χ2n) is 6.54. The average Bonchev–Trinajstić information content (AvgIpc) is 2.54. The van der Waals surface area contributed by atoms with Crippen molar-refractivity contribution in [2.24, 2.45) is 11.7 Å². The van der Waals surface area contributed by atoms with Gasteiger partial charge in [-0.05, 0) is 44.2 Å². The van der Waals surface area contributed by atoms with Crippen LogP contribution in [0, 0.1) is 5.92 Å². The second kappa shape index (κ2) is 6.53. The summed E-state index contributed by atoms with van der Waals surface area (Å²) < 4.78 is 0. The van der Waals surface area contributed by atoms with E-state index in [2.05, 4.69) is 48.6 Å². The first-order chi connectivity index (χ1) is 10.7. The average molecular weight is 298 g/mol. The van der Waals surface area contributed by atoms with Crippen LogP contribution < -0.4 is 16.0 Å². The molecule has 22 heavy (non-hydrogen) atoms. The Morgan fingerprint density at radius 1 is 1.18 bits per heavy atom. The van der Waals surface area contributed by atoms with E-state index in [1.807, 2.05) is 6.07 Å². The molecule has 4 nitrogen and oxygen atoms in total. The van der Waals surface area contributed by atoms with Gasteiger partial charge in [0.25, 0.3) is 0 Å². The minimum atomic E-state index is 0.520. The van der Waals surface area contributed by atoms with E-state index in [0.29, 0.717) is 12.0 Å². The summed E-state index contributed by atoms with van der Waals surface area (Å²) >= 11 is 0. The van der Waals surface area contributed by atoms with E-state index in [1.165, 1.54) is 36.8 Å². The highest BCUT2D eigenvalue weighted by Crippen LogP contribution is 2.30. The molecule has 0 unspecified atom stereocenters. The van der Waals surface area contributed by atoms with Crippen molar-refractivity contribution >= 4 is 22.4 Å². The normalized spacial score (nSPS) is 21.8. The molecule has 0 amide bonds. The Labute approximate surface area is 132 Å². The summed E-state index contributed by atoms with van der Waals surface area (Å²) in [5, 5.41) is 4.83. The third-order valence-corrected chi connectivity index (χ3v) is 4.71. The third-order valence-electron chi connectivity index (χ3n) is 4.71. The lowest BCUT2D eigenvalue weighted by molar-refractivity contribution is 0.344. The fourth-order valence-electron chi connectivity index (χ4n) is 3.35. The van der Waals surface area contributed by atoms with Gasteiger partial charge >= 0.3 is 0 Å². The van der Waals surface area contributed by atoms with E-state index in [0.717, 1.165) is 17.9 Å². The summed E-state index contributed by atoms with van der Waals surface area (Å²) in [5.41, 5.74) is 8.04. The molecular weight excluding hydrogens is 272 g/mol. The number of fused-ring (bicyclic) bond motifs is 1. The molecular formula is C18H26N4. The number of pyridine rings is 1. The molecule has 0 aliphatic heterocycles. The van der Waals surface area contributed by atoms with Gasteiger partial charge < -0.3 is 16.0 Å². The van der Waals surface area contributed by atoms with Gasteiger partial charge in [0.05, 0.1) is 5.52 Å². The molecule has 3 N–H and O–H groups in total. The van der Waals surface area contributed by atoms with Gasteiger partial charge in [0, 0.05) is 37.3 Å². The van der Waals surface area contributed by atoms with Crippen LogP contribution in [0.1, 0.15) is 25.7 Å². The maximum absolute atomic E-state index is 5.78. The highest BCUT2D eigenvalue weighted by atomic mass is 15.1. The molecule has 1 aromatic carbocycles. The van der Waals surface area contributed by atoms with Crippen molar-refractivity contribution < 1.29 is 0 Å². The number of anilines is 2. The van der Waals surface area contributed by atoms with Gasteiger partial charge in [0.15, 0.2) is 0 Å². The van der Waals surface area contributed by atoms with E-state index < -0.39 is 0 Å². The lowest BCUT2D eigenvalue weighted by Gasteiger charge is -2.29. The van der Waals surface area contributed by atoms with Crippen molar-refractivity contribution in [1.82, 2.24) is 4.98 Å². The predicted octanol–water partition coefficient (Wildman–Crippen LogP) is 3.23. The number of nitrogens with zero attached hydrogens (tertiary/aromatic N) is 2. The molecule has 4 heteroatoms. The van der Waals surface area contributed by atoms with E-state index in [-0.39, 0.29) is 0 Å². The van der Waals surface area contributed by atoms with Crippen LogP contribution in [0.3, 0.4) is 0 Å². The first kappa shape index (κ1) is 15.1. The largest absolute Gasteiger partial charge is 0.377 e. The third kappa shape index (κ3) is 3.17. The molecule has 0 atom stereocenters. The summed E-state index contributed by atoms with van der Waals surface area (Å²) in [7, 11) is 4.16. The van der Waals surface area contributed by atoms with Crippen LogP contribution in [-0.4, -0.2) is 31.7 Å². The standard InChI is InChI=1S/C18H26N4/c1-22(2)17-11-18(21-16-6-4-3-5-15(16)17)20-14-9-7-13(12-19)8-10-14/h3-6,11,13-14H,7-10,12,19H2,1-2H3,(H,20,21)/t13-,14+. The van der Waals surface area contributed by atoms with Gasteiger partial charge in [0.2, 0.25) is 0 Å². The predicted molar refractivity (Wildman–Crippen MR) is 94.5 cm³/mol. The maximum atomic E-state index is 5.78. The molecule has 1 aliphatic rings. The SMILES string of the molecule is CN(C)c1cc(N[C@H]2CC[C@@H](CN)CC2)nc2ccccc12. The van der Waals surface area contributed by atoms with Gasteiger partial charge in [-0.3, -0.25) is 0 Å². The molecule has 1 aromatic heterocycles. The fraction of sp³-hybridized carbons (Fsp3) is 0.500. The first-order valence-corrected chi connectivity index (χ1v) is 8.21. The summed E-state index contributed by atoms with van der Waals surface area (Å²) in [6, 6.07) is 11.0. The van der Waals surface area contributed by atoms with E-state index in [9.17, 15) is 0 Å². The molecule has 3 rings (SSSR count). The van der Waals surface area contributed by atoms with Crippen molar-refractivity contribution in [3.63, 3.8) is 0 Å². The van der Waals surface area contributed by atoms with Crippen molar-refractivity contribution in [3.05, 3.63) is 30.3 Å². The maximum Gasteiger partial charge on any atom is 0.128 e. The van der Waals surface area contributed by atoms with E-state index in [1.54, 1.807) is 0 Å². The number of rotatable bonds is 4. The second-order valence-corrected chi connectivity index (χ2v) is 6.54. The Morgan fingerprint density at radius 3 is 2.59 bits per heavy atom. The van der Waals surface area contributed by atoms with Crippen molar-refractivity contribution in [2.75, 3.05) is 30.9 Å². The van der Waals surface area contributed by atoms with Gasteiger partial charge in [-0.2, -0.15) is 0 Å². The van der Waals surface area contributed by atoms with Crippen LogP contribution >= 0.6 is 0 Å². The topological polar surface area (TPSA) is 54.2 Å². The zero-order valence-corrected chi connectivity index (χ0v) is 13.5. The van der Waals surface area contributed by atoms with Crippen molar-refractivity contribution in [3.8, 4) is 0 Å². The molecule has 1 saturated carbocycles.